The fourth-order valence-corrected chi connectivity index (χ4v) is 2.49. The molecule has 0 radical (unpaired) electrons. The summed E-state index contributed by atoms with van der Waals surface area (Å²) < 4.78 is 0. The van der Waals surface area contributed by atoms with E-state index in [4.69, 9.17) is 12.2 Å². The van der Waals surface area contributed by atoms with Gasteiger partial charge in [-0.3, -0.25) is 4.79 Å². The SMILES string of the molecule is CCNC(=S)NCCc1cc2cc(C)c(C)cc2[nH]c1=O. The third-order valence-electron chi connectivity index (χ3n) is 3.55. The van der Waals surface area contributed by atoms with Crippen molar-refractivity contribution in [1.29, 1.82) is 0 Å². The second kappa shape index (κ2) is 6.72. The quantitative estimate of drug-likeness (QED) is 0.758. The van der Waals surface area contributed by atoms with Crippen LogP contribution < -0.4 is 16.2 Å². The van der Waals surface area contributed by atoms with E-state index in [1.807, 2.05) is 26.0 Å². The highest BCUT2D eigenvalue weighted by Gasteiger charge is 2.05. The first-order chi connectivity index (χ1) is 10.0. The van der Waals surface area contributed by atoms with Gasteiger partial charge in [0, 0.05) is 24.2 Å². The van der Waals surface area contributed by atoms with E-state index in [0.29, 0.717) is 18.1 Å². The van der Waals surface area contributed by atoms with Crippen LogP contribution in [0.15, 0.2) is 23.0 Å². The molecule has 0 amide bonds. The lowest BCUT2D eigenvalue weighted by atomic mass is 10.0. The Morgan fingerprint density at radius 2 is 1.90 bits per heavy atom. The molecule has 0 bridgehead atoms. The van der Waals surface area contributed by atoms with Crippen molar-refractivity contribution in [3.05, 3.63) is 45.2 Å². The number of benzene rings is 1. The van der Waals surface area contributed by atoms with Gasteiger partial charge in [-0.25, -0.2) is 0 Å². The molecule has 0 aliphatic heterocycles. The van der Waals surface area contributed by atoms with Crippen LogP contribution in [0.1, 0.15) is 23.6 Å². The number of aromatic nitrogens is 1. The van der Waals surface area contributed by atoms with E-state index >= 15 is 0 Å². The van der Waals surface area contributed by atoms with Crippen LogP contribution in [-0.4, -0.2) is 23.2 Å². The fraction of sp³-hybridized carbons (Fsp3) is 0.375. The topological polar surface area (TPSA) is 56.9 Å². The van der Waals surface area contributed by atoms with Crippen LogP contribution in [0, 0.1) is 13.8 Å². The van der Waals surface area contributed by atoms with Gasteiger partial charge in [-0.1, -0.05) is 0 Å². The summed E-state index contributed by atoms with van der Waals surface area (Å²) in [6, 6.07) is 6.10. The molecule has 112 valence electrons. The maximum absolute atomic E-state index is 12.1. The summed E-state index contributed by atoms with van der Waals surface area (Å²) in [5.41, 5.74) is 4.05. The van der Waals surface area contributed by atoms with E-state index in [1.165, 1.54) is 11.1 Å². The largest absolute Gasteiger partial charge is 0.363 e. The van der Waals surface area contributed by atoms with Crippen molar-refractivity contribution >= 4 is 28.2 Å². The smallest absolute Gasteiger partial charge is 0.251 e. The Morgan fingerprint density at radius 3 is 2.62 bits per heavy atom. The van der Waals surface area contributed by atoms with Gasteiger partial charge in [0.25, 0.3) is 5.56 Å². The number of H-pyrrole nitrogens is 1. The number of hydrogen-bond acceptors (Lipinski definition) is 2. The van der Waals surface area contributed by atoms with Crippen LogP contribution in [0.4, 0.5) is 0 Å². The molecule has 0 atom stereocenters. The molecule has 0 aliphatic carbocycles. The number of fused-ring (bicyclic) bond motifs is 1. The van der Waals surface area contributed by atoms with Crippen molar-refractivity contribution in [3.63, 3.8) is 0 Å². The third kappa shape index (κ3) is 3.82. The summed E-state index contributed by atoms with van der Waals surface area (Å²) in [5.74, 6) is 0. The second-order valence-electron chi connectivity index (χ2n) is 5.18. The molecule has 0 aliphatic rings. The summed E-state index contributed by atoms with van der Waals surface area (Å²) >= 11 is 5.10. The molecule has 2 rings (SSSR count). The molecule has 0 saturated heterocycles. The molecule has 1 heterocycles. The van der Waals surface area contributed by atoms with Crippen molar-refractivity contribution in [2.24, 2.45) is 0 Å². The van der Waals surface area contributed by atoms with Crippen LogP contribution in [0.25, 0.3) is 10.9 Å². The molecule has 0 saturated carbocycles. The molecular formula is C16H21N3OS. The predicted molar refractivity (Wildman–Crippen MR) is 92.0 cm³/mol. The summed E-state index contributed by atoms with van der Waals surface area (Å²) in [5, 5.41) is 7.82. The molecule has 1 aromatic heterocycles. The maximum atomic E-state index is 12.1. The molecule has 3 N–H and O–H groups in total. The lowest BCUT2D eigenvalue weighted by Gasteiger charge is -2.09. The van der Waals surface area contributed by atoms with Crippen molar-refractivity contribution in [1.82, 2.24) is 15.6 Å². The zero-order valence-corrected chi connectivity index (χ0v) is 13.5. The minimum absolute atomic E-state index is 0.0260. The standard InChI is InChI=1S/C16H21N3OS/c1-4-17-16(21)18-6-5-12-9-13-7-10(2)11(3)8-14(13)19-15(12)20/h7-9H,4-6H2,1-3H3,(H,19,20)(H2,17,18,21). The first-order valence-corrected chi connectivity index (χ1v) is 7.57. The Hall–Kier alpha value is -1.88. The Labute approximate surface area is 130 Å². The van der Waals surface area contributed by atoms with Crippen LogP contribution in [0.2, 0.25) is 0 Å². The summed E-state index contributed by atoms with van der Waals surface area (Å²) in [6.45, 7) is 7.56. The summed E-state index contributed by atoms with van der Waals surface area (Å²) in [4.78, 5) is 15.1. The Morgan fingerprint density at radius 1 is 1.19 bits per heavy atom. The van der Waals surface area contributed by atoms with E-state index in [9.17, 15) is 4.79 Å². The van der Waals surface area contributed by atoms with E-state index in [1.54, 1.807) is 0 Å². The average Bonchev–Trinajstić information content (AvgIpc) is 2.42. The van der Waals surface area contributed by atoms with Gasteiger partial charge in [0.15, 0.2) is 5.11 Å². The van der Waals surface area contributed by atoms with Gasteiger partial charge >= 0.3 is 0 Å². The van der Waals surface area contributed by atoms with Gasteiger partial charge in [-0.05, 0) is 74.1 Å². The van der Waals surface area contributed by atoms with Crippen LogP contribution >= 0.6 is 12.2 Å². The molecule has 4 nitrogen and oxygen atoms in total. The Balaban J connectivity index is 2.17. The number of aryl methyl sites for hydroxylation is 2. The zero-order chi connectivity index (χ0) is 15.4. The molecule has 0 spiro atoms. The van der Waals surface area contributed by atoms with Crippen molar-refractivity contribution in [2.45, 2.75) is 27.2 Å². The fourth-order valence-electron chi connectivity index (χ4n) is 2.24. The lowest BCUT2D eigenvalue weighted by Crippen LogP contribution is -2.36. The number of hydrogen-bond donors (Lipinski definition) is 3. The molecule has 2 aromatic rings. The zero-order valence-electron chi connectivity index (χ0n) is 12.7. The number of thiocarbonyl (C=S) groups is 1. The average molecular weight is 303 g/mol. The molecule has 21 heavy (non-hydrogen) atoms. The van der Waals surface area contributed by atoms with E-state index in [2.05, 4.69) is 28.6 Å². The first-order valence-electron chi connectivity index (χ1n) is 7.16. The van der Waals surface area contributed by atoms with E-state index in [-0.39, 0.29) is 5.56 Å². The molecule has 0 unspecified atom stereocenters. The highest BCUT2D eigenvalue weighted by Crippen LogP contribution is 2.17. The Kier molecular flexibility index (Phi) is 4.96. The maximum Gasteiger partial charge on any atom is 0.251 e. The van der Waals surface area contributed by atoms with Gasteiger partial charge in [0.2, 0.25) is 0 Å². The molecule has 1 aromatic carbocycles. The predicted octanol–water partition coefficient (Wildman–Crippen LogP) is 2.17. The third-order valence-corrected chi connectivity index (χ3v) is 3.84. The first kappa shape index (κ1) is 15.5. The number of pyridine rings is 1. The van der Waals surface area contributed by atoms with Gasteiger partial charge in [-0.15, -0.1) is 0 Å². The number of rotatable bonds is 4. The van der Waals surface area contributed by atoms with Crippen molar-refractivity contribution in [2.75, 3.05) is 13.1 Å². The van der Waals surface area contributed by atoms with Crippen LogP contribution in [-0.2, 0) is 6.42 Å². The normalized spacial score (nSPS) is 10.6. The van der Waals surface area contributed by atoms with Gasteiger partial charge in [0.1, 0.15) is 0 Å². The minimum Gasteiger partial charge on any atom is -0.363 e. The Bertz CT molecular complexity index is 721. The van der Waals surface area contributed by atoms with Crippen molar-refractivity contribution in [3.8, 4) is 0 Å². The van der Waals surface area contributed by atoms with Crippen LogP contribution in [0.5, 0.6) is 0 Å². The molecule has 5 heteroatoms. The summed E-state index contributed by atoms with van der Waals surface area (Å²) in [7, 11) is 0. The monoisotopic (exact) mass is 303 g/mol. The molecular weight excluding hydrogens is 282 g/mol. The lowest BCUT2D eigenvalue weighted by molar-refractivity contribution is 0.823. The van der Waals surface area contributed by atoms with Gasteiger partial charge in [-0.2, -0.15) is 0 Å². The molecule has 0 fully saturated rings. The van der Waals surface area contributed by atoms with Crippen molar-refractivity contribution < 1.29 is 0 Å². The summed E-state index contributed by atoms with van der Waals surface area (Å²) in [6.07, 6.45) is 0.643. The highest BCUT2D eigenvalue weighted by molar-refractivity contribution is 7.80. The number of nitrogens with one attached hydrogen (secondary N) is 3. The second-order valence-corrected chi connectivity index (χ2v) is 5.59. The van der Waals surface area contributed by atoms with E-state index < -0.39 is 0 Å². The van der Waals surface area contributed by atoms with Gasteiger partial charge < -0.3 is 15.6 Å². The number of aromatic amines is 1. The highest BCUT2D eigenvalue weighted by atomic mass is 32.1. The van der Waals surface area contributed by atoms with Gasteiger partial charge in [0.05, 0.1) is 0 Å². The van der Waals surface area contributed by atoms with E-state index in [0.717, 1.165) is 23.0 Å². The van der Waals surface area contributed by atoms with Crippen LogP contribution in [0.3, 0.4) is 0 Å². The minimum atomic E-state index is -0.0260.